The highest BCUT2D eigenvalue weighted by molar-refractivity contribution is 5.73. The van der Waals surface area contributed by atoms with Crippen molar-refractivity contribution in [3.05, 3.63) is 30.3 Å². The highest BCUT2D eigenvalue weighted by atomic mass is 16.5. The maximum Gasteiger partial charge on any atom is 0.219 e. The Bertz CT molecular complexity index is 408. The van der Waals surface area contributed by atoms with E-state index in [2.05, 4.69) is 11.9 Å². The SMILES string of the molecule is CC(=O)N1CCN(C)C[C@@H](COc2ccccc2)C1. The molecule has 1 aliphatic heterocycles. The highest BCUT2D eigenvalue weighted by Crippen LogP contribution is 2.13. The van der Waals surface area contributed by atoms with E-state index in [-0.39, 0.29) is 5.91 Å². The van der Waals surface area contributed by atoms with Gasteiger partial charge in [-0.3, -0.25) is 4.79 Å². The van der Waals surface area contributed by atoms with Crippen LogP contribution in [0.1, 0.15) is 6.92 Å². The molecule has 0 aromatic heterocycles. The number of carbonyl (C=O) groups is 1. The number of ether oxygens (including phenoxy) is 1. The Morgan fingerprint density at radius 2 is 2.00 bits per heavy atom. The molecule has 0 spiro atoms. The largest absolute Gasteiger partial charge is 0.493 e. The molecule has 1 heterocycles. The molecule has 0 radical (unpaired) electrons. The summed E-state index contributed by atoms with van der Waals surface area (Å²) in [5.74, 6) is 1.40. The number of benzene rings is 1. The first kappa shape index (κ1) is 13.9. The Hall–Kier alpha value is -1.55. The Balaban J connectivity index is 1.91. The van der Waals surface area contributed by atoms with Crippen LogP contribution in [0.4, 0.5) is 0 Å². The molecule has 0 unspecified atom stereocenters. The summed E-state index contributed by atoms with van der Waals surface area (Å²) in [4.78, 5) is 15.7. The van der Waals surface area contributed by atoms with Gasteiger partial charge in [0.2, 0.25) is 5.91 Å². The number of hydrogen-bond acceptors (Lipinski definition) is 3. The fourth-order valence-electron chi connectivity index (χ4n) is 2.41. The number of amides is 1. The van der Waals surface area contributed by atoms with Gasteiger partial charge in [-0.25, -0.2) is 0 Å². The van der Waals surface area contributed by atoms with Gasteiger partial charge in [0, 0.05) is 39.0 Å². The molecule has 1 aliphatic rings. The zero-order valence-corrected chi connectivity index (χ0v) is 11.7. The summed E-state index contributed by atoms with van der Waals surface area (Å²) in [5, 5.41) is 0. The Kier molecular flexibility index (Phi) is 4.80. The van der Waals surface area contributed by atoms with Crippen LogP contribution in [-0.4, -0.2) is 55.5 Å². The summed E-state index contributed by atoms with van der Waals surface area (Å²) in [6.45, 7) is 5.79. The third-order valence-electron chi connectivity index (χ3n) is 3.47. The Morgan fingerprint density at radius 3 is 2.68 bits per heavy atom. The first-order valence-electron chi connectivity index (χ1n) is 6.77. The van der Waals surface area contributed by atoms with Crippen LogP contribution in [0.25, 0.3) is 0 Å². The molecule has 1 saturated heterocycles. The lowest BCUT2D eigenvalue weighted by Crippen LogP contribution is -2.35. The van der Waals surface area contributed by atoms with Crippen LogP contribution in [-0.2, 0) is 4.79 Å². The van der Waals surface area contributed by atoms with E-state index in [0.717, 1.165) is 31.9 Å². The zero-order valence-electron chi connectivity index (χ0n) is 11.7. The van der Waals surface area contributed by atoms with Gasteiger partial charge in [-0.05, 0) is 19.2 Å². The summed E-state index contributed by atoms with van der Waals surface area (Å²) < 4.78 is 5.81. The maximum absolute atomic E-state index is 11.5. The lowest BCUT2D eigenvalue weighted by Gasteiger charge is -2.23. The predicted octanol–water partition coefficient (Wildman–Crippen LogP) is 1.48. The third-order valence-corrected chi connectivity index (χ3v) is 3.47. The number of hydrogen-bond donors (Lipinski definition) is 0. The lowest BCUT2D eigenvalue weighted by molar-refractivity contribution is -0.129. The van der Waals surface area contributed by atoms with E-state index in [1.165, 1.54) is 0 Å². The molecule has 0 bridgehead atoms. The maximum atomic E-state index is 11.5. The molecule has 0 saturated carbocycles. The van der Waals surface area contributed by atoms with Crippen LogP contribution < -0.4 is 4.74 Å². The minimum absolute atomic E-state index is 0.153. The number of likely N-dealkylation sites (N-methyl/N-ethyl adjacent to an activating group) is 1. The summed E-state index contributed by atoms with van der Waals surface area (Å²) in [7, 11) is 2.10. The Labute approximate surface area is 115 Å². The van der Waals surface area contributed by atoms with Gasteiger partial charge in [-0.2, -0.15) is 0 Å². The van der Waals surface area contributed by atoms with Gasteiger partial charge in [0.05, 0.1) is 6.61 Å². The smallest absolute Gasteiger partial charge is 0.219 e. The number of nitrogens with zero attached hydrogens (tertiary/aromatic N) is 2. The number of carbonyl (C=O) groups excluding carboxylic acids is 1. The fourth-order valence-corrected chi connectivity index (χ4v) is 2.41. The van der Waals surface area contributed by atoms with E-state index in [1.807, 2.05) is 35.2 Å². The van der Waals surface area contributed by atoms with E-state index >= 15 is 0 Å². The van der Waals surface area contributed by atoms with Crippen molar-refractivity contribution in [3.63, 3.8) is 0 Å². The fraction of sp³-hybridized carbons (Fsp3) is 0.533. The van der Waals surface area contributed by atoms with Crippen molar-refractivity contribution < 1.29 is 9.53 Å². The molecule has 1 amide bonds. The summed E-state index contributed by atoms with van der Waals surface area (Å²) >= 11 is 0. The van der Waals surface area contributed by atoms with Crippen LogP contribution in [0.5, 0.6) is 5.75 Å². The van der Waals surface area contributed by atoms with Crippen LogP contribution in [0, 0.1) is 5.92 Å². The summed E-state index contributed by atoms with van der Waals surface area (Å²) in [5.41, 5.74) is 0. The average Bonchev–Trinajstić information content (AvgIpc) is 2.59. The average molecular weight is 262 g/mol. The quantitative estimate of drug-likeness (QED) is 0.827. The first-order chi connectivity index (χ1) is 9.15. The van der Waals surface area contributed by atoms with Crippen molar-refractivity contribution >= 4 is 5.91 Å². The van der Waals surface area contributed by atoms with Crippen molar-refractivity contribution in [1.29, 1.82) is 0 Å². The van der Waals surface area contributed by atoms with Crippen LogP contribution in [0.2, 0.25) is 0 Å². The van der Waals surface area contributed by atoms with Gasteiger partial charge in [-0.1, -0.05) is 18.2 Å². The Morgan fingerprint density at radius 1 is 1.26 bits per heavy atom. The molecule has 1 fully saturated rings. The molecular weight excluding hydrogens is 240 g/mol. The third kappa shape index (κ3) is 4.24. The second kappa shape index (κ2) is 6.57. The lowest BCUT2D eigenvalue weighted by atomic mass is 10.1. The van der Waals surface area contributed by atoms with Gasteiger partial charge in [-0.15, -0.1) is 0 Å². The van der Waals surface area contributed by atoms with Crippen molar-refractivity contribution in [2.45, 2.75) is 6.92 Å². The van der Waals surface area contributed by atoms with Gasteiger partial charge in [0.25, 0.3) is 0 Å². The predicted molar refractivity (Wildman–Crippen MR) is 75.2 cm³/mol. The molecular formula is C15H22N2O2. The van der Waals surface area contributed by atoms with Crippen molar-refractivity contribution in [2.75, 3.05) is 39.8 Å². The van der Waals surface area contributed by atoms with Crippen molar-refractivity contribution in [2.24, 2.45) is 5.92 Å². The van der Waals surface area contributed by atoms with E-state index in [0.29, 0.717) is 12.5 Å². The normalized spacial score (nSPS) is 20.9. The minimum Gasteiger partial charge on any atom is -0.493 e. The van der Waals surface area contributed by atoms with Crippen molar-refractivity contribution in [3.8, 4) is 5.75 Å². The second-order valence-corrected chi connectivity index (χ2v) is 5.22. The van der Waals surface area contributed by atoms with Crippen LogP contribution >= 0.6 is 0 Å². The standard InChI is InChI=1S/C15H22N2O2/c1-13(18)17-9-8-16(2)10-14(11-17)12-19-15-6-4-3-5-7-15/h3-7,14H,8-12H2,1-2H3/t14-/m1/s1. The molecule has 104 valence electrons. The van der Waals surface area contributed by atoms with Gasteiger partial charge in [0.1, 0.15) is 5.75 Å². The summed E-state index contributed by atoms with van der Waals surface area (Å²) in [6.07, 6.45) is 0. The minimum atomic E-state index is 0.153. The number of para-hydroxylation sites is 1. The van der Waals surface area contributed by atoms with Gasteiger partial charge < -0.3 is 14.5 Å². The molecule has 1 aromatic rings. The summed E-state index contributed by atoms with van der Waals surface area (Å²) in [6, 6.07) is 9.84. The van der Waals surface area contributed by atoms with E-state index in [4.69, 9.17) is 4.74 Å². The van der Waals surface area contributed by atoms with Gasteiger partial charge >= 0.3 is 0 Å². The monoisotopic (exact) mass is 262 g/mol. The molecule has 0 aliphatic carbocycles. The molecule has 1 aromatic carbocycles. The van der Waals surface area contributed by atoms with Crippen molar-refractivity contribution in [1.82, 2.24) is 9.80 Å². The molecule has 1 atom stereocenters. The van der Waals surface area contributed by atoms with Crippen LogP contribution in [0.3, 0.4) is 0 Å². The van der Waals surface area contributed by atoms with E-state index < -0.39 is 0 Å². The molecule has 19 heavy (non-hydrogen) atoms. The highest BCUT2D eigenvalue weighted by Gasteiger charge is 2.22. The molecule has 4 heteroatoms. The first-order valence-corrected chi connectivity index (χ1v) is 6.77. The molecule has 4 nitrogen and oxygen atoms in total. The zero-order chi connectivity index (χ0) is 13.7. The second-order valence-electron chi connectivity index (χ2n) is 5.22. The molecule has 0 N–H and O–H groups in total. The van der Waals surface area contributed by atoms with E-state index in [9.17, 15) is 4.79 Å². The van der Waals surface area contributed by atoms with Crippen LogP contribution in [0.15, 0.2) is 30.3 Å². The molecule has 2 rings (SSSR count). The van der Waals surface area contributed by atoms with Gasteiger partial charge in [0.15, 0.2) is 0 Å². The topological polar surface area (TPSA) is 32.8 Å². The van der Waals surface area contributed by atoms with E-state index in [1.54, 1.807) is 6.92 Å². The number of rotatable bonds is 3.